The van der Waals surface area contributed by atoms with Crippen molar-refractivity contribution in [2.75, 3.05) is 0 Å². The fourth-order valence-electron chi connectivity index (χ4n) is 0.966. The zero-order valence-electron chi connectivity index (χ0n) is 8.65. The highest BCUT2D eigenvalue weighted by molar-refractivity contribution is 5.89. The SMILES string of the molecule is [C-]#[N+]c1cc(C#N)cc(OC(=O)C(=C)C)c1. The average molecular weight is 212 g/mol. The maximum atomic E-state index is 11.2. The number of hydrogen-bond acceptors (Lipinski definition) is 3. The number of nitrogens with zero attached hydrogens (tertiary/aromatic N) is 2. The highest BCUT2D eigenvalue weighted by Gasteiger charge is 2.07. The predicted octanol–water partition coefficient (Wildman–Crippen LogP) is 2.59. The van der Waals surface area contributed by atoms with E-state index in [2.05, 4.69) is 11.4 Å². The molecular formula is C12H8N2O2. The third-order valence-electron chi connectivity index (χ3n) is 1.71. The Morgan fingerprint density at radius 3 is 2.75 bits per heavy atom. The van der Waals surface area contributed by atoms with E-state index >= 15 is 0 Å². The fraction of sp³-hybridized carbons (Fsp3) is 0.0833. The van der Waals surface area contributed by atoms with E-state index in [0.717, 1.165) is 0 Å². The number of nitriles is 1. The Morgan fingerprint density at radius 2 is 2.25 bits per heavy atom. The van der Waals surface area contributed by atoms with Gasteiger partial charge in [0.05, 0.1) is 12.6 Å². The largest absolute Gasteiger partial charge is 0.425 e. The van der Waals surface area contributed by atoms with Gasteiger partial charge in [0.2, 0.25) is 0 Å². The van der Waals surface area contributed by atoms with Crippen molar-refractivity contribution in [2.24, 2.45) is 0 Å². The third-order valence-corrected chi connectivity index (χ3v) is 1.71. The number of ether oxygens (including phenoxy) is 1. The third kappa shape index (κ3) is 2.70. The van der Waals surface area contributed by atoms with Crippen LogP contribution >= 0.6 is 0 Å². The molecule has 0 amide bonds. The van der Waals surface area contributed by atoms with Gasteiger partial charge in [-0.05, 0) is 25.1 Å². The van der Waals surface area contributed by atoms with Crippen LogP contribution < -0.4 is 4.74 Å². The van der Waals surface area contributed by atoms with Crippen molar-refractivity contribution in [2.45, 2.75) is 6.92 Å². The van der Waals surface area contributed by atoms with Crippen LogP contribution in [-0.4, -0.2) is 5.97 Å². The van der Waals surface area contributed by atoms with Crippen molar-refractivity contribution < 1.29 is 9.53 Å². The standard InChI is InChI=1S/C12H8N2O2/c1-8(2)12(15)16-11-5-9(7-13)4-10(6-11)14-3/h4-6H,1H2,2H3. The Hall–Kier alpha value is -2.59. The molecule has 0 aliphatic rings. The van der Waals surface area contributed by atoms with E-state index < -0.39 is 5.97 Å². The number of hydrogen-bond donors (Lipinski definition) is 0. The normalized spacial score (nSPS) is 8.69. The van der Waals surface area contributed by atoms with E-state index in [1.165, 1.54) is 25.1 Å². The van der Waals surface area contributed by atoms with E-state index in [9.17, 15) is 4.79 Å². The van der Waals surface area contributed by atoms with Crippen molar-refractivity contribution in [1.82, 2.24) is 0 Å². The molecule has 0 bridgehead atoms. The van der Waals surface area contributed by atoms with Gasteiger partial charge in [-0.1, -0.05) is 6.58 Å². The van der Waals surface area contributed by atoms with Gasteiger partial charge in [-0.2, -0.15) is 5.26 Å². The first kappa shape index (κ1) is 11.5. The molecule has 0 spiro atoms. The molecule has 0 saturated carbocycles. The number of benzene rings is 1. The van der Waals surface area contributed by atoms with Gasteiger partial charge in [-0.3, -0.25) is 0 Å². The second-order valence-corrected chi connectivity index (χ2v) is 3.11. The molecular weight excluding hydrogens is 204 g/mol. The molecule has 0 aliphatic heterocycles. The molecule has 0 N–H and O–H groups in total. The lowest BCUT2D eigenvalue weighted by atomic mass is 10.2. The molecule has 16 heavy (non-hydrogen) atoms. The molecule has 0 fully saturated rings. The molecule has 1 aromatic rings. The molecule has 0 heterocycles. The minimum atomic E-state index is -0.578. The number of carbonyl (C=O) groups is 1. The highest BCUT2D eigenvalue weighted by Crippen LogP contribution is 2.23. The van der Waals surface area contributed by atoms with Crippen LogP contribution in [0, 0.1) is 17.9 Å². The van der Waals surface area contributed by atoms with Gasteiger partial charge in [0, 0.05) is 11.1 Å². The minimum Gasteiger partial charge on any atom is -0.425 e. The van der Waals surface area contributed by atoms with Gasteiger partial charge in [0.25, 0.3) is 0 Å². The van der Waals surface area contributed by atoms with Crippen LogP contribution in [-0.2, 0) is 4.79 Å². The molecule has 0 radical (unpaired) electrons. The van der Waals surface area contributed by atoms with Crippen LogP contribution in [0.5, 0.6) is 5.75 Å². The summed E-state index contributed by atoms with van der Waals surface area (Å²) in [7, 11) is 0. The second-order valence-electron chi connectivity index (χ2n) is 3.11. The Bertz CT molecular complexity index is 501. The van der Waals surface area contributed by atoms with Crippen LogP contribution in [0.1, 0.15) is 12.5 Å². The minimum absolute atomic E-state index is 0.179. The van der Waals surface area contributed by atoms with Crippen molar-refractivity contribution in [1.29, 1.82) is 5.26 Å². The van der Waals surface area contributed by atoms with Crippen LogP contribution in [0.25, 0.3) is 4.85 Å². The van der Waals surface area contributed by atoms with Gasteiger partial charge in [0.15, 0.2) is 5.69 Å². The summed E-state index contributed by atoms with van der Waals surface area (Å²) in [5.74, 6) is -0.399. The van der Waals surface area contributed by atoms with Gasteiger partial charge >= 0.3 is 5.97 Å². The van der Waals surface area contributed by atoms with E-state index in [1.54, 1.807) is 0 Å². The molecule has 1 rings (SSSR count). The molecule has 0 unspecified atom stereocenters. The number of carbonyl (C=O) groups excluding carboxylic acids is 1. The molecule has 0 aromatic heterocycles. The monoisotopic (exact) mass is 212 g/mol. The zero-order chi connectivity index (χ0) is 12.1. The summed E-state index contributed by atoms with van der Waals surface area (Å²) < 4.78 is 4.93. The summed E-state index contributed by atoms with van der Waals surface area (Å²) in [4.78, 5) is 14.4. The predicted molar refractivity (Wildman–Crippen MR) is 57.9 cm³/mol. The molecule has 1 aromatic carbocycles. The first-order chi connectivity index (χ1) is 7.56. The molecule has 4 nitrogen and oxygen atoms in total. The average Bonchev–Trinajstić information content (AvgIpc) is 2.28. The summed E-state index contributed by atoms with van der Waals surface area (Å²) in [5.41, 5.74) is 0.785. The lowest BCUT2D eigenvalue weighted by Crippen LogP contribution is -2.08. The van der Waals surface area contributed by atoms with Crippen LogP contribution in [0.4, 0.5) is 5.69 Å². The lowest BCUT2D eigenvalue weighted by molar-refractivity contribution is -0.130. The highest BCUT2D eigenvalue weighted by atomic mass is 16.5. The first-order valence-electron chi connectivity index (χ1n) is 4.37. The van der Waals surface area contributed by atoms with Crippen molar-refractivity contribution in [3.8, 4) is 11.8 Å². The Morgan fingerprint density at radius 1 is 1.56 bits per heavy atom. The molecule has 0 atom stereocenters. The maximum Gasteiger partial charge on any atom is 0.338 e. The lowest BCUT2D eigenvalue weighted by Gasteiger charge is -2.04. The second kappa shape index (κ2) is 4.77. The van der Waals surface area contributed by atoms with Crippen molar-refractivity contribution in [3.63, 3.8) is 0 Å². The molecule has 4 heteroatoms. The number of rotatable bonds is 2. The maximum absolute atomic E-state index is 11.2. The van der Waals surface area contributed by atoms with Crippen LogP contribution in [0.2, 0.25) is 0 Å². The Kier molecular flexibility index (Phi) is 3.42. The smallest absolute Gasteiger partial charge is 0.338 e. The number of esters is 1. The quantitative estimate of drug-likeness (QED) is 0.327. The summed E-state index contributed by atoms with van der Waals surface area (Å²) in [5, 5.41) is 8.71. The van der Waals surface area contributed by atoms with Gasteiger partial charge in [-0.15, -0.1) is 0 Å². The summed E-state index contributed by atoms with van der Waals surface area (Å²) in [6, 6.07) is 6.11. The summed E-state index contributed by atoms with van der Waals surface area (Å²) >= 11 is 0. The van der Waals surface area contributed by atoms with Crippen LogP contribution in [0.15, 0.2) is 30.4 Å². The molecule has 0 aliphatic carbocycles. The van der Waals surface area contributed by atoms with Gasteiger partial charge in [-0.25, -0.2) is 9.64 Å². The van der Waals surface area contributed by atoms with E-state index in [0.29, 0.717) is 0 Å². The summed E-state index contributed by atoms with van der Waals surface area (Å²) in [6.07, 6.45) is 0. The van der Waals surface area contributed by atoms with E-state index in [-0.39, 0.29) is 22.6 Å². The van der Waals surface area contributed by atoms with Gasteiger partial charge < -0.3 is 4.74 Å². The van der Waals surface area contributed by atoms with Crippen LogP contribution in [0.3, 0.4) is 0 Å². The summed E-state index contributed by atoms with van der Waals surface area (Å²) in [6.45, 7) is 11.8. The van der Waals surface area contributed by atoms with E-state index in [4.69, 9.17) is 16.6 Å². The fourth-order valence-corrected chi connectivity index (χ4v) is 0.966. The topological polar surface area (TPSA) is 54.4 Å². The van der Waals surface area contributed by atoms with Gasteiger partial charge in [0.1, 0.15) is 5.75 Å². The first-order valence-corrected chi connectivity index (χ1v) is 4.37. The Balaban J connectivity index is 3.07. The Labute approximate surface area is 93.2 Å². The van der Waals surface area contributed by atoms with Crippen molar-refractivity contribution in [3.05, 3.63) is 47.3 Å². The van der Waals surface area contributed by atoms with Crippen molar-refractivity contribution >= 4 is 11.7 Å². The zero-order valence-corrected chi connectivity index (χ0v) is 8.65. The van der Waals surface area contributed by atoms with E-state index in [1.807, 2.05) is 6.07 Å². The molecule has 0 saturated heterocycles. The molecule has 78 valence electrons.